The van der Waals surface area contributed by atoms with E-state index in [4.69, 9.17) is 9.47 Å². The Morgan fingerprint density at radius 2 is 1.68 bits per heavy atom. The first kappa shape index (κ1) is 31.6. The molecule has 3 aromatic carbocycles. The Balaban J connectivity index is 1.42. The number of benzene rings is 3. The van der Waals surface area contributed by atoms with Crippen LogP contribution in [-0.2, 0) is 30.9 Å². The summed E-state index contributed by atoms with van der Waals surface area (Å²) in [7, 11) is -2.33. The lowest BCUT2D eigenvalue weighted by molar-refractivity contribution is -0.140. The summed E-state index contributed by atoms with van der Waals surface area (Å²) in [5.74, 6) is -0.238. The van der Waals surface area contributed by atoms with Gasteiger partial charge in [0.2, 0.25) is 10.0 Å². The van der Waals surface area contributed by atoms with E-state index in [9.17, 15) is 13.2 Å². The summed E-state index contributed by atoms with van der Waals surface area (Å²) < 4.78 is 42.1. The van der Waals surface area contributed by atoms with Crippen LogP contribution in [0.1, 0.15) is 44.1 Å². The van der Waals surface area contributed by atoms with Crippen molar-refractivity contribution in [3.63, 3.8) is 0 Å². The zero-order valence-corrected chi connectivity index (χ0v) is 27.0. The van der Waals surface area contributed by atoms with E-state index in [1.165, 1.54) is 12.7 Å². The quantitative estimate of drug-likeness (QED) is 0.112. The van der Waals surface area contributed by atoms with Crippen molar-refractivity contribution in [2.75, 3.05) is 7.11 Å². The van der Waals surface area contributed by atoms with E-state index < -0.39 is 10.0 Å². The van der Waals surface area contributed by atoms with Crippen LogP contribution in [0.4, 0.5) is 0 Å². The molecule has 1 aliphatic carbocycles. The van der Waals surface area contributed by atoms with E-state index in [-0.39, 0.29) is 28.9 Å². The minimum Gasteiger partial charge on any atom is -0.469 e. The van der Waals surface area contributed by atoms with Crippen LogP contribution in [-0.4, -0.2) is 33.6 Å². The van der Waals surface area contributed by atoms with Crippen molar-refractivity contribution < 1.29 is 22.7 Å². The average molecular weight is 706 g/mol. The average Bonchev–Trinajstić information content (AvgIpc) is 3.35. The molecule has 218 valence electrons. The van der Waals surface area contributed by atoms with Crippen molar-refractivity contribution in [2.45, 2.75) is 62.2 Å². The molecule has 0 radical (unpaired) electrons. The lowest BCUT2D eigenvalue weighted by Gasteiger charge is -2.25. The minimum absolute atomic E-state index is 0.0240. The van der Waals surface area contributed by atoms with Gasteiger partial charge < -0.3 is 9.47 Å². The normalized spacial score (nSPS) is 19.0. The topological polar surface area (TPSA) is 81.7 Å². The smallest absolute Gasteiger partial charge is 0.305 e. The molecule has 41 heavy (non-hydrogen) atoms. The number of hydrogen-bond donors (Lipinski definition) is 1. The molecule has 0 unspecified atom stereocenters. The lowest BCUT2D eigenvalue weighted by Crippen LogP contribution is -2.39. The third-order valence-corrected chi connectivity index (χ3v) is 10.7. The molecule has 0 aromatic heterocycles. The summed E-state index contributed by atoms with van der Waals surface area (Å²) in [6.07, 6.45) is 8.01. The number of sulfonamides is 1. The maximum Gasteiger partial charge on any atom is 0.305 e. The number of unbranched alkanes of at least 4 members (excludes halogenated alkanes) is 1. The number of nitrogens with one attached hydrogen (secondary N) is 1. The Bertz CT molecular complexity index is 1430. The second kappa shape index (κ2) is 15.3. The van der Waals surface area contributed by atoms with Crippen LogP contribution in [0.5, 0.6) is 0 Å². The Hall–Kier alpha value is -2.30. The number of rotatable bonds is 13. The fourth-order valence-corrected chi connectivity index (χ4v) is 7.20. The largest absolute Gasteiger partial charge is 0.469 e. The van der Waals surface area contributed by atoms with Crippen molar-refractivity contribution in [1.29, 1.82) is 0 Å². The molecule has 6 nitrogen and oxygen atoms in total. The molecule has 1 aliphatic rings. The number of carbonyl (C=O) groups excluding carboxylic acids is 1. The zero-order valence-electron chi connectivity index (χ0n) is 23.0. The highest BCUT2D eigenvalue weighted by Gasteiger charge is 2.38. The number of methoxy groups -OCH3 is 1. The van der Waals surface area contributed by atoms with Gasteiger partial charge in [-0.1, -0.05) is 66.7 Å². The van der Waals surface area contributed by atoms with Crippen LogP contribution in [0.25, 0.3) is 11.1 Å². The van der Waals surface area contributed by atoms with Gasteiger partial charge >= 0.3 is 5.97 Å². The number of esters is 1. The molecule has 9 heteroatoms. The van der Waals surface area contributed by atoms with E-state index in [1.807, 2.05) is 18.2 Å². The van der Waals surface area contributed by atoms with Crippen LogP contribution in [0.15, 0.2) is 98.8 Å². The first-order valence-corrected chi connectivity index (χ1v) is 16.8. The van der Waals surface area contributed by atoms with Crippen molar-refractivity contribution in [3.8, 4) is 11.1 Å². The third-order valence-electron chi connectivity index (χ3n) is 7.34. The fourth-order valence-electron chi connectivity index (χ4n) is 5.08. The van der Waals surface area contributed by atoms with E-state index in [1.54, 1.807) is 18.2 Å². The molecule has 1 fully saturated rings. The third kappa shape index (κ3) is 9.09. The SMILES string of the molecule is COC(=O)CCCC=CC[C@@H]1[C@@H](NS(=O)(=O)c2ccc(Br)c(Br)c2)CC[C@@H]1OCc1ccc(-c2ccccc2)cc1. The van der Waals surface area contributed by atoms with E-state index >= 15 is 0 Å². The van der Waals surface area contributed by atoms with Gasteiger partial charge in [-0.3, -0.25) is 4.79 Å². The second-order valence-corrected chi connectivity index (χ2v) is 13.6. The van der Waals surface area contributed by atoms with Crippen molar-refractivity contribution in [3.05, 3.63) is 99.5 Å². The number of halogens is 2. The Kier molecular flexibility index (Phi) is 11.8. The Labute approximate surface area is 259 Å². The first-order chi connectivity index (χ1) is 19.8. The number of allylic oxidation sites excluding steroid dienone is 2. The maximum absolute atomic E-state index is 13.3. The van der Waals surface area contributed by atoms with Crippen molar-refractivity contribution in [2.24, 2.45) is 5.92 Å². The molecule has 0 amide bonds. The highest BCUT2D eigenvalue weighted by molar-refractivity contribution is 9.13. The van der Waals surface area contributed by atoms with Gasteiger partial charge in [-0.05, 0) is 98.9 Å². The van der Waals surface area contributed by atoms with Crippen LogP contribution in [0.3, 0.4) is 0 Å². The summed E-state index contributed by atoms with van der Waals surface area (Å²) in [5.41, 5.74) is 3.40. The molecular formula is C32H35Br2NO5S. The second-order valence-electron chi connectivity index (χ2n) is 10.1. The maximum atomic E-state index is 13.3. The Morgan fingerprint density at radius 1 is 0.951 bits per heavy atom. The van der Waals surface area contributed by atoms with Crippen LogP contribution in [0, 0.1) is 5.92 Å². The molecule has 1 N–H and O–H groups in total. The van der Waals surface area contributed by atoms with Gasteiger partial charge in [0.15, 0.2) is 0 Å². The highest BCUT2D eigenvalue weighted by atomic mass is 79.9. The van der Waals surface area contributed by atoms with Crippen LogP contribution in [0.2, 0.25) is 0 Å². The molecule has 0 bridgehead atoms. The molecule has 0 aliphatic heterocycles. The predicted molar refractivity (Wildman–Crippen MR) is 169 cm³/mol. The van der Waals surface area contributed by atoms with Gasteiger partial charge in [0, 0.05) is 27.3 Å². The summed E-state index contributed by atoms with van der Waals surface area (Å²) in [6.45, 7) is 0.457. The molecule has 1 saturated carbocycles. The minimum atomic E-state index is -3.72. The van der Waals surface area contributed by atoms with Crippen LogP contribution < -0.4 is 4.72 Å². The van der Waals surface area contributed by atoms with Gasteiger partial charge in [0.25, 0.3) is 0 Å². The molecule has 4 rings (SSSR count). The number of ether oxygens (including phenoxy) is 2. The van der Waals surface area contributed by atoms with Gasteiger partial charge in [-0.25, -0.2) is 13.1 Å². The fraction of sp³-hybridized carbons (Fsp3) is 0.344. The summed E-state index contributed by atoms with van der Waals surface area (Å²) in [5, 5.41) is 0. The molecule has 0 saturated heterocycles. The van der Waals surface area contributed by atoms with E-state index in [2.05, 4.69) is 85.1 Å². The zero-order chi connectivity index (χ0) is 29.2. The number of carbonyl (C=O) groups is 1. The predicted octanol–water partition coefficient (Wildman–Crippen LogP) is 7.81. The van der Waals surface area contributed by atoms with E-state index in [0.717, 1.165) is 28.4 Å². The standard InChI is InChI=1S/C32H35Br2NO5S/c1-39-32(36)12-8-3-2-7-11-27-30(35-41(37,38)26-17-18-28(33)29(34)21-26)19-20-31(27)40-22-23-13-15-25(16-14-23)24-9-5-4-6-10-24/h2,4-7,9-10,13-18,21,27,30-31,35H,3,8,11-12,19-20,22H2,1H3/t27-,30+,31+/m1/s1. The summed E-state index contributed by atoms with van der Waals surface area (Å²) in [4.78, 5) is 11.6. The highest BCUT2D eigenvalue weighted by Crippen LogP contribution is 2.34. The monoisotopic (exact) mass is 703 g/mol. The van der Waals surface area contributed by atoms with Crippen LogP contribution >= 0.6 is 31.9 Å². The van der Waals surface area contributed by atoms with Gasteiger partial charge in [-0.2, -0.15) is 0 Å². The summed E-state index contributed by atoms with van der Waals surface area (Å²) >= 11 is 6.80. The molecular weight excluding hydrogens is 670 g/mol. The Morgan fingerprint density at radius 3 is 2.39 bits per heavy atom. The lowest BCUT2D eigenvalue weighted by atomic mass is 9.97. The van der Waals surface area contributed by atoms with Gasteiger partial charge in [-0.15, -0.1) is 0 Å². The van der Waals surface area contributed by atoms with Crippen molar-refractivity contribution >= 4 is 47.9 Å². The first-order valence-electron chi connectivity index (χ1n) is 13.7. The van der Waals surface area contributed by atoms with E-state index in [0.29, 0.717) is 36.8 Å². The van der Waals surface area contributed by atoms with Gasteiger partial charge in [0.05, 0.1) is 24.7 Å². The molecule has 3 aromatic rings. The molecule has 3 atom stereocenters. The van der Waals surface area contributed by atoms with Gasteiger partial charge in [0.1, 0.15) is 0 Å². The molecule has 0 heterocycles. The number of hydrogen-bond acceptors (Lipinski definition) is 5. The summed E-state index contributed by atoms with van der Waals surface area (Å²) in [6, 6.07) is 23.3. The van der Waals surface area contributed by atoms with Crippen molar-refractivity contribution in [1.82, 2.24) is 4.72 Å². The molecule has 0 spiro atoms.